The lowest BCUT2D eigenvalue weighted by Crippen LogP contribution is -2.13. The third-order valence-corrected chi connectivity index (χ3v) is 5.67. The zero-order chi connectivity index (χ0) is 24.0. The lowest BCUT2D eigenvalue weighted by Gasteiger charge is -2.22. The van der Waals surface area contributed by atoms with Gasteiger partial charge in [0.1, 0.15) is 28.2 Å². The fourth-order valence-corrected chi connectivity index (χ4v) is 3.72. The van der Waals surface area contributed by atoms with Crippen molar-refractivity contribution in [2.24, 2.45) is 0 Å². The first-order valence-electron chi connectivity index (χ1n) is 11.7. The summed E-state index contributed by atoms with van der Waals surface area (Å²) in [5, 5.41) is 19.9. The molecule has 7 heteroatoms. The van der Waals surface area contributed by atoms with E-state index < -0.39 is 0 Å². The van der Waals surface area contributed by atoms with E-state index in [1.54, 1.807) is 31.4 Å². The van der Waals surface area contributed by atoms with Gasteiger partial charge in [-0.05, 0) is 36.1 Å². The minimum Gasteiger partial charge on any atom is -0.505 e. The van der Waals surface area contributed by atoms with Crippen molar-refractivity contribution in [1.29, 1.82) is 0 Å². The zero-order valence-corrected chi connectivity index (χ0v) is 20.4. The maximum Gasteiger partial charge on any atom is 0.338 e. The molecular weight excluding hydrogens is 418 g/mol. The highest BCUT2D eigenvalue weighted by Crippen LogP contribution is 2.38. The van der Waals surface area contributed by atoms with Gasteiger partial charge in [0.05, 0.1) is 19.3 Å². The molecule has 0 unspecified atom stereocenters. The molecule has 0 aliphatic carbocycles. The average Bonchev–Trinajstić information content (AvgIpc) is 3.20. The van der Waals surface area contributed by atoms with Crippen molar-refractivity contribution in [3.8, 4) is 17.2 Å². The number of hydrogen-bond acceptors (Lipinski definition) is 6. The number of fused-ring (bicyclic) bond motifs is 1. The topological polar surface area (TPSA) is 86.5 Å². The van der Waals surface area contributed by atoms with Crippen LogP contribution in [0.1, 0.15) is 82.1 Å². The van der Waals surface area contributed by atoms with Crippen molar-refractivity contribution >= 4 is 17.0 Å². The van der Waals surface area contributed by atoms with Crippen LogP contribution in [-0.2, 0) is 10.2 Å². The highest BCUT2D eigenvalue weighted by molar-refractivity contribution is 5.93. The van der Waals surface area contributed by atoms with Crippen LogP contribution in [0, 0.1) is 0 Å². The fourth-order valence-electron chi connectivity index (χ4n) is 3.72. The molecular formula is C26H35N3O4. The second-order valence-electron chi connectivity index (χ2n) is 9.39. The Morgan fingerprint density at radius 2 is 1.70 bits per heavy atom. The van der Waals surface area contributed by atoms with Crippen molar-refractivity contribution in [2.45, 2.75) is 71.6 Å². The van der Waals surface area contributed by atoms with Crippen LogP contribution >= 0.6 is 0 Å². The van der Waals surface area contributed by atoms with Crippen molar-refractivity contribution < 1.29 is 19.4 Å². The maximum absolute atomic E-state index is 12.5. The summed E-state index contributed by atoms with van der Waals surface area (Å²) in [6.45, 7) is 8.66. The van der Waals surface area contributed by atoms with Gasteiger partial charge in [0, 0.05) is 11.6 Å². The molecule has 3 rings (SSSR count). The number of carbonyl (C=O) groups excluding carboxylic acids is 1. The molecule has 0 spiro atoms. The Kier molecular flexibility index (Phi) is 7.95. The minimum absolute atomic E-state index is 0.0992. The molecule has 0 saturated carbocycles. The third-order valence-electron chi connectivity index (χ3n) is 5.67. The van der Waals surface area contributed by atoms with E-state index in [2.05, 4.69) is 17.1 Å². The first-order chi connectivity index (χ1) is 15.7. The first kappa shape index (κ1) is 24.6. The van der Waals surface area contributed by atoms with Crippen LogP contribution in [0.4, 0.5) is 0 Å². The number of carbonyl (C=O) groups is 1. The number of esters is 1. The van der Waals surface area contributed by atoms with Gasteiger partial charge >= 0.3 is 5.97 Å². The molecule has 0 radical (unpaired) electrons. The second-order valence-corrected chi connectivity index (χ2v) is 9.39. The van der Waals surface area contributed by atoms with Gasteiger partial charge in [0.2, 0.25) is 0 Å². The quantitative estimate of drug-likeness (QED) is 0.301. The van der Waals surface area contributed by atoms with E-state index in [1.165, 1.54) is 30.5 Å². The highest BCUT2D eigenvalue weighted by Gasteiger charge is 2.23. The van der Waals surface area contributed by atoms with Gasteiger partial charge in [-0.25, -0.2) is 4.79 Å². The van der Waals surface area contributed by atoms with Gasteiger partial charge in [-0.1, -0.05) is 59.8 Å². The van der Waals surface area contributed by atoms with Gasteiger partial charge in [-0.2, -0.15) is 0 Å². The summed E-state index contributed by atoms with van der Waals surface area (Å²) in [5.74, 6) is 0.342. The molecule has 0 aliphatic rings. The Balaban J connectivity index is 1.77. The fraction of sp³-hybridized carbons (Fsp3) is 0.500. The largest absolute Gasteiger partial charge is 0.505 e. The number of benzene rings is 2. The van der Waals surface area contributed by atoms with Gasteiger partial charge in [0.15, 0.2) is 0 Å². The smallest absolute Gasteiger partial charge is 0.338 e. The number of rotatable bonds is 10. The zero-order valence-electron chi connectivity index (χ0n) is 20.4. The van der Waals surface area contributed by atoms with Crippen molar-refractivity contribution in [3.63, 3.8) is 0 Å². The number of ether oxygens (including phenoxy) is 2. The van der Waals surface area contributed by atoms with E-state index >= 15 is 0 Å². The number of unbranched alkanes of at least 4 members (excludes halogenated alkanes) is 5. The van der Waals surface area contributed by atoms with Gasteiger partial charge < -0.3 is 14.6 Å². The molecule has 1 heterocycles. The van der Waals surface area contributed by atoms with Crippen molar-refractivity contribution in [1.82, 2.24) is 15.0 Å². The van der Waals surface area contributed by atoms with Gasteiger partial charge in [-0.3, -0.25) is 0 Å². The minimum atomic E-state index is -0.362. The van der Waals surface area contributed by atoms with E-state index in [9.17, 15) is 9.90 Å². The predicted octanol–water partition coefficient (Wildman–Crippen LogP) is 5.95. The summed E-state index contributed by atoms with van der Waals surface area (Å²) in [6, 6.07) is 8.61. The molecule has 178 valence electrons. The van der Waals surface area contributed by atoms with Gasteiger partial charge in [-0.15, -0.1) is 15.0 Å². The first-order valence-corrected chi connectivity index (χ1v) is 11.7. The van der Waals surface area contributed by atoms with Crippen LogP contribution in [0.3, 0.4) is 0 Å². The third kappa shape index (κ3) is 6.03. The summed E-state index contributed by atoms with van der Waals surface area (Å²) >= 11 is 0. The molecule has 2 aromatic carbocycles. The van der Waals surface area contributed by atoms with E-state index in [-0.39, 0.29) is 17.1 Å². The number of phenolic OH excluding ortho intramolecular Hbond substituents is 1. The van der Waals surface area contributed by atoms with Crippen molar-refractivity contribution in [3.05, 3.63) is 41.5 Å². The maximum atomic E-state index is 12.5. The SMILES string of the molecule is CCCCCCCCOC(=O)c1ccc2nn(-c3cc(OC)cc(C(C)(C)C)c3O)nc2c1. The van der Waals surface area contributed by atoms with Crippen LogP contribution in [0.15, 0.2) is 30.3 Å². The van der Waals surface area contributed by atoms with Gasteiger partial charge in [0.25, 0.3) is 0 Å². The Hall–Kier alpha value is -3.09. The van der Waals surface area contributed by atoms with Crippen molar-refractivity contribution in [2.75, 3.05) is 13.7 Å². The van der Waals surface area contributed by atoms with Crippen LogP contribution in [0.25, 0.3) is 16.7 Å². The number of nitrogens with zero attached hydrogens (tertiary/aromatic N) is 3. The lowest BCUT2D eigenvalue weighted by atomic mass is 9.86. The standard InChI is InChI=1S/C26H35N3O4/c1-6-7-8-9-10-11-14-33-25(31)18-12-13-21-22(15-18)28-29(27-21)23-17-19(32-5)16-20(24(23)30)26(2,3)4/h12-13,15-17,30H,6-11,14H2,1-5H3. The number of aromatic hydroxyl groups is 1. The Bertz CT molecular complexity index is 1100. The monoisotopic (exact) mass is 453 g/mol. The molecule has 0 bridgehead atoms. The number of hydrogen-bond donors (Lipinski definition) is 1. The summed E-state index contributed by atoms with van der Waals surface area (Å²) in [5.41, 5.74) is 2.45. The average molecular weight is 454 g/mol. The van der Waals surface area contributed by atoms with Crippen LogP contribution in [0.5, 0.6) is 11.5 Å². The molecule has 7 nitrogen and oxygen atoms in total. The molecule has 1 N–H and O–H groups in total. The number of aromatic nitrogens is 3. The molecule has 0 aliphatic heterocycles. The van der Waals surface area contributed by atoms with E-state index in [1.807, 2.05) is 26.8 Å². The van der Waals surface area contributed by atoms with Crippen LogP contribution < -0.4 is 4.74 Å². The Labute approximate surface area is 195 Å². The summed E-state index contributed by atoms with van der Waals surface area (Å²) < 4.78 is 10.9. The summed E-state index contributed by atoms with van der Waals surface area (Å²) in [4.78, 5) is 13.8. The Morgan fingerprint density at radius 1 is 1.00 bits per heavy atom. The molecule has 0 atom stereocenters. The molecule has 3 aromatic rings. The predicted molar refractivity (Wildman–Crippen MR) is 129 cm³/mol. The molecule has 33 heavy (non-hydrogen) atoms. The van der Waals surface area contributed by atoms with E-state index in [4.69, 9.17) is 9.47 Å². The molecule has 0 fully saturated rings. The molecule has 0 amide bonds. The van der Waals surface area contributed by atoms with Crippen LogP contribution in [-0.4, -0.2) is 39.8 Å². The molecule has 1 aromatic heterocycles. The van der Waals surface area contributed by atoms with E-state index in [0.29, 0.717) is 34.6 Å². The summed E-state index contributed by atoms with van der Waals surface area (Å²) in [6.07, 6.45) is 6.83. The Morgan fingerprint density at radius 3 is 2.39 bits per heavy atom. The highest BCUT2D eigenvalue weighted by atomic mass is 16.5. The number of methoxy groups -OCH3 is 1. The van der Waals surface area contributed by atoms with Crippen LogP contribution in [0.2, 0.25) is 0 Å². The summed E-state index contributed by atoms with van der Waals surface area (Å²) in [7, 11) is 1.58. The number of phenols is 1. The lowest BCUT2D eigenvalue weighted by molar-refractivity contribution is 0.0498. The van der Waals surface area contributed by atoms with E-state index in [0.717, 1.165) is 18.4 Å². The second kappa shape index (κ2) is 10.7. The normalized spacial score (nSPS) is 11.7. The molecule has 0 saturated heterocycles.